The molecule has 0 bridgehead atoms. The molecule has 4 rings (SSSR count). The number of rotatable bonds is 8. The van der Waals surface area contributed by atoms with Crippen molar-refractivity contribution >= 4 is 15.9 Å². The maximum absolute atomic E-state index is 13.1. The third kappa shape index (κ3) is 5.59. The number of likely N-dealkylation sites (tertiary alicyclic amines) is 1. The summed E-state index contributed by atoms with van der Waals surface area (Å²) in [6.07, 6.45) is 6.51. The van der Waals surface area contributed by atoms with Gasteiger partial charge in [0, 0.05) is 19.6 Å². The summed E-state index contributed by atoms with van der Waals surface area (Å²) in [6.45, 7) is 3.03. The van der Waals surface area contributed by atoms with Crippen LogP contribution in [0.3, 0.4) is 0 Å². The van der Waals surface area contributed by atoms with Crippen molar-refractivity contribution in [3.8, 4) is 5.75 Å². The fraction of sp³-hybridized carbons (Fsp3) is 0.542. The van der Waals surface area contributed by atoms with Gasteiger partial charge >= 0.3 is 0 Å². The molecule has 2 atom stereocenters. The standard InChI is InChI=1S/C24H33N3O5S/c1-31-20-9-11-21(12-10-20)33(29,30)27-15-5-7-19(18-27)24(28)25-17-22(23-8-6-16-32-23)26-13-3-2-4-14-26/h6,8-12,16,19,22H,2-5,7,13-15,17-18H2,1H3,(H,25,28). The number of carbonyl (C=O) groups is 1. The number of hydrogen-bond donors (Lipinski definition) is 1. The monoisotopic (exact) mass is 475 g/mol. The molecule has 9 heteroatoms. The molecule has 0 aliphatic carbocycles. The van der Waals surface area contributed by atoms with Crippen molar-refractivity contribution in [2.24, 2.45) is 5.92 Å². The Balaban J connectivity index is 1.39. The topological polar surface area (TPSA) is 92.1 Å². The van der Waals surface area contributed by atoms with E-state index in [4.69, 9.17) is 9.15 Å². The van der Waals surface area contributed by atoms with Crippen LogP contribution in [0.1, 0.15) is 43.9 Å². The highest BCUT2D eigenvalue weighted by molar-refractivity contribution is 7.89. The van der Waals surface area contributed by atoms with Gasteiger partial charge < -0.3 is 14.5 Å². The predicted molar refractivity (Wildman–Crippen MR) is 124 cm³/mol. The Morgan fingerprint density at radius 2 is 1.88 bits per heavy atom. The van der Waals surface area contributed by atoms with E-state index in [0.717, 1.165) is 31.7 Å². The van der Waals surface area contributed by atoms with Gasteiger partial charge in [-0.1, -0.05) is 6.42 Å². The molecule has 1 amide bonds. The van der Waals surface area contributed by atoms with Gasteiger partial charge in [-0.3, -0.25) is 9.69 Å². The Bertz CT molecular complexity index is 1000. The fourth-order valence-corrected chi connectivity index (χ4v) is 6.26. The lowest BCUT2D eigenvalue weighted by molar-refractivity contribution is -0.126. The molecule has 1 aromatic carbocycles. The average Bonchev–Trinajstić information content (AvgIpc) is 3.39. The van der Waals surface area contributed by atoms with Crippen molar-refractivity contribution in [1.29, 1.82) is 0 Å². The second kappa shape index (κ2) is 10.7. The zero-order valence-electron chi connectivity index (χ0n) is 19.1. The van der Waals surface area contributed by atoms with E-state index in [9.17, 15) is 13.2 Å². The zero-order valence-corrected chi connectivity index (χ0v) is 19.9. The van der Waals surface area contributed by atoms with Crippen LogP contribution in [-0.4, -0.2) is 63.4 Å². The van der Waals surface area contributed by atoms with Gasteiger partial charge in [0.25, 0.3) is 0 Å². The molecule has 8 nitrogen and oxygen atoms in total. The number of nitrogens with one attached hydrogen (secondary N) is 1. The number of piperidine rings is 2. The minimum atomic E-state index is -3.66. The summed E-state index contributed by atoms with van der Waals surface area (Å²) in [5.74, 6) is 0.984. The number of furan rings is 1. The fourth-order valence-electron chi connectivity index (χ4n) is 4.73. The van der Waals surface area contributed by atoms with Crippen molar-refractivity contribution in [3.05, 3.63) is 48.4 Å². The molecule has 0 radical (unpaired) electrons. The molecule has 180 valence electrons. The second-order valence-electron chi connectivity index (χ2n) is 8.75. The van der Waals surface area contributed by atoms with Crippen molar-refractivity contribution < 1.29 is 22.4 Å². The third-order valence-corrected chi connectivity index (χ3v) is 8.50. The molecule has 2 aromatic rings. The number of amides is 1. The van der Waals surface area contributed by atoms with Crippen LogP contribution in [-0.2, 0) is 14.8 Å². The van der Waals surface area contributed by atoms with Crippen LogP contribution in [0, 0.1) is 5.92 Å². The van der Waals surface area contributed by atoms with Crippen molar-refractivity contribution in [3.63, 3.8) is 0 Å². The van der Waals surface area contributed by atoms with Crippen LogP contribution in [0.5, 0.6) is 5.75 Å². The minimum Gasteiger partial charge on any atom is -0.497 e. The Hall–Kier alpha value is -2.36. The number of carbonyl (C=O) groups excluding carboxylic acids is 1. The van der Waals surface area contributed by atoms with Crippen LogP contribution < -0.4 is 10.1 Å². The van der Waals surface area contributed by atoms with E-state index in [1.54, 1.807) is 37.6 Å². The van der Waals surface area contributed by atoms with Gasteiger partial charge in [0.1, 0.15) is 11.5 Å². The van der Waals surface area contributed by atoms with Gasteiger partial charge in [0.05, 0.1) is 30.2 Å². The molecule has 0 saturated carbocycles. The number of nitrogens with zero attached hydrogens (tertiary/aromatic N) is 2. The summed E-state index contributed by atoms with van der Waals surface area (Å²) in [5, 5.41) is 3.09. The zero-order chi connectivity index (χ0) is 23.3. The number of ether oxygens (including phenoxy) is 1. The van der Waals surface area contributed by atoms with Crippen LogP contribution in [0.2, 0.25) is 0 Å². The number of hydrogen-bond acceptors (Lipinski definition) is 6. The van der Waals surface area contributed by atoms with Crippen molar-refractivity contribution in [2.75, 3.05) is 39.8 Å². The van der Waals surface area contributed by atoms with Gasteiger partial charge in [-0.2, -0.15) is 4.31 Å². The van der Waals surface area contributed by atoms with Crippen LogP contribution in [0.4, 0.5) is 0 Å². The highest BCUT2D eigenvalue weighted by Crippen LogP contribution is 2.27. The molecule has 3 heterocycles. The lowest BCUT2D eigenvalue weighted by Crippen LogP contribution is -2.47. The van der Waals surface area contributed by atoms with Crippen molar-refractivity contribution in [1.82, 2.24) is 14.5 Å². The molecule has 33 heavy (non-hydrogen) atoms. The highest BCUT2D eigenvalue weighted by Gasteiger charge is 2.34. The summed E-state index contributed by atoms with van der Waals surface area (Å²) in [4.78, 5) is 15.6. The Morgan fingerprint density at radius 1 is 1.12 bits per heavy atom. The van der Waals surface area contributed by atoms with Gasteiger partial charge in [0.2, 0.25) is 15.9 Å². The molecule has 1 aromatic heterocycles. The Labute approximate surface area is 195 Å². The summed E-state index contributed by atoms with van der Waals surface area (Å²) in [7, 11) is -2.12. The Morgan fingerprint density at radius 3 is 2.55 bits per heavy atom. The SMILES string of the molecule is COc1ccc(S(=O)(=O)N2CCCC(C(=O)NCC(c3ccco3)N3CCCCC3)C2)cc1. The maximum Gasteiger partial charge on any atom is 0.243 e. The van der Waals surface area contributed by atoms with E-state index >= 15 is 0 Å². The molecular weight excluding hydrogens is 442 g/mol. The molecule has 2 aliphatic heterocycles. The molecular formula is C24H33N3O5S. The lowest BCUT2D eigenvalue weighted by atomic mass is 9.98. The van der Waals surface area contributed by atoms with Gasteiger partial charge in [-0.25, -0.2) is 8.42 Å². The number of benzene rings is 1. The first-order valence-electron chi connectivity index (χ1n) is 11.7. The molecule has 2 unspecified atom stereocenters. The largest absolute Gasteiger partial charge is 0.497 e. The van der Waals surface area contributed by atoms with E-state index in [0.29, 0.717) is 31.7 Å². The summed E-state index contributed by atoms with van der Waals surface area (Å²) >= 11 is 0. The van der Waals surface area contributed by atoms with Gasteiger partial charge in [-0.15, -0.1) is 0 Å². The third-order valence-electron chi connectivity index (χ3n) is 6.62. The van der Waals surface area contributed by atoms with Crippen LogP contribution in [0.15, 0.2) is 52.0 Å². The quantitative estimate of drug-likeness (QED) is 0.631. The van der Waals surface area contributed by atoms with E-state index in [2.05, 4.69) is 10.2 Å². The molecule has 2 fully saturated rings. The number of methoxy groups -OCH3 is 1. The molecule has 2 aliphatic rings. The lowest BCUT2D eigenvalue weighted by Gasteiger charge is -2.34. The number of sulfonamides is 1. The van der Waals surface area contributed by atoms with Gasteiger partial charge in [0.15, 0.2) is 0 Å². The van der Waals surface area contributed by atoms with Gasteiger partial charge in [-0.05, 0) is 75.2 Å². The molecule has 0 spiro atoms. The van der Waals surface area contributed by atoms with E-state index < -0.39 is 10.0 Å². The van der Waals surface area contributed by atoms with E-state index in [1.165, 1.54) is 10.7 Å². The summed E-state index contributed by atoms with van der Waals surface area (Å²) in [5.41, 5.74) is 0. The predicted octanol–water partition coefficient (Wildman–Crippen LogP) is 3.03. The average molecular weight is 476 g/mol. The van der Waals surface area contributed by atoms with E-state index in [-0.39, 0.29) is 29.3 Å². The molecule has 1 N–H and O–H groups in total. The maximum atomic E-state index is 13.1. The van der Waals surface area contributed by atoms with Crippen LogP contribution >= 0.6 is 0 Å². The second-order valence-corrected chi connectivity index (χ2v) is 10.7. The van der Waals surface area contributed by atoms with E-state index in [1.807, 2.05) is 12.1 Å². The summed E-state index contributed by atoms with van der Waals surface area (Å²) < 4.78 is 38.4. The Kier molecular flexibility index (Phi) is 7.72. The van der Waals surface area contributed by atoms with Crippen LogP contribution in [0.25, 0.3) is 0 Å². The first kappa shape index (κ1) is 23.8. The normalized spacial score (nSPS) is 21.4. The summed E-state index contributed by atoms with van der Waals surface area (Å²) in [6, 6.07) is 10.2. The first-order valence-corrected chi connectivity index (χ1v) is 13.1. The molecule has 2 saturated heterocycles. The minimum absolute atomic E-state index is 0.00743. The first-order chi connectivity index (χ1) is 16.0. The smallest absolute Gasteiger partial charge is 0.243 e. The van der Waals surface area contributed by atoms with Crippen molar-refractivity contribution in [2.45, 2.75) is 43.0 Å². The highest BCUT2D eigenvalue weighted by atomic mass is 32.2.